The number of likely N-dealkylation sites (N-methyl/N-ethyl adjacent to an activating group) is 1. The first kappa shape index (κ1) is 11.1. The molecule has 1 N–H and O–H groups in total. The molecule has 1 aliphatic heterocycles. The summed E-state index contributed by atoms with van der Waals surface area (Å²) in [5.74, 6) is 0. The summed E-state index contributed by atoms with van der Waals surface area (Å²) in [4.78, 5) is 13.1. The number of nitrogens with zero attached hydrogens (tertiary/aromatic N) is 2. The highest BCUT2D eigenvalue weighted by Gasteiger charge is 2.16. The molecular weight excluding hydrogens is 206 g/mol. The molecule has 0 aliphatic carbocycles. The standard InChI is InChI=1S/C11H17N3O2/c1-14(8-10-4-2-3-5-16-10)9-6-11(15)13-12-7-9/h6-7,10H,2-5,8H2,1H3,(H,13,15). The molecule has 5 nitrogen and oxygen atoms in total. The van der Waals surface area contributed by atoms with E-state index in [0.717, 1.165) is 31.7 Å². The van der Waals surface area contributed by atoms with Crippen molar-refractivity contribution in [2.75, 3.05) is 25.1 Å². The molecule has 0 aromatic carbocycles. The van der Waals surface area contributed by atoms with Crippen molar-refractivity contribution < 1.29 is 4.74 Å². The second-order valence-electron chi connectivity index (χ2n) is 4.17. The normalized spacial score (nSPS) is 20.7. The Labute approximate surface area is 94.4 Å². The van der Waals surface area contributed by atoms with Gasteiger partial charge in [0.1, 0.15) is 0 Å². The topological polar surface area (TPSA) is 58.2 Å². The summed E-state index contributed by atoms with van der Waals surface area (Å²) in [5, 5.41) is 6.15. The van der Waals surface area contributed by atoms with Crippen LogP contribution in [0.25, 0.3) is 0 Å². The molecule has 16 heavy (non-hydrogen) atoms. The highest BCUT2D eigenvalue weighted by atomic mass is 16.5. The minimum atomic E-state index is -0.172. The molecule has 5 heteroatoms. The third-order valence-electron chi connectivity index (χ3n) is 2.84. The van der Waals surface area contributed by atoms with Gasteiger partial charge in [0, 0.05) is 26.3 Å². The van der Waals surface area contributed by atoms with Crippen LogP contribution < -0.4 is 10.5 Å². The molecule has 0 radical (unpaired) electrons. The van der Waals surface area contributed by atoms with Gasteiger partial charge in [-0.15, -0.1) is 0 Å². The van der Waals surface area contributed by atoms with Gasteiger partial charge in [0.05, 0.1) is 18.0 Å². The van der Waals surface area contributed by atoms with Gasteiger partial charge in [-0.3, -0.25) is 4.79 Å². The van der Waals surface area contributed by atoms with E-state index < -0.39 is 0 Å². The van der Waals surface area contributed by atoms with E-state index in [1.54, 1.807) is 12.3 Å². The van der Waals surface area contributed by atoms with Crippen molar-refractivity contribution in [2.45, 2.75) is 25.4 Å². The Hall–Kier alpha value is -1.36. The van der Waals surface area contributed by atoms with E-state index in [9.17, 15) is 4.79 Å². The molecule has 0 bridgehead atoms. The summed E-state index contributed by atoms with van der Waals surface area (Å²) in [5.41, 5.74) is 0.659. The average molecular weight is 223 g/mol. The third kappa shape index (κ3) is 2.82. The number of hydrogen-bond donors (Lipinski definition) is 1. The minimum Gasteiger partial charge on any atom is -0.376 e. The maximum Gasteiger partial charge on any atom is 0.266 e. The van der Waals surface area contributed by atoms with Gasteiger partial charge in [-0.25, -0.2) is 5.10 Å². The summed E-state index contributed by atoms with van der Waals surface area (Å²) in [6.45, 7) is 1.66. The molecule has 1 unspecified atom stereocenters. The number of aromatic nitrogens is 2. The first-order valence-corrected chi connectivity index (χ1v) is 5.63. The number of hydrogen-bond acceptors (Lipinski definition) is 4. The molecule has 1 aliphatic rings. The SMILES string of the molecule is CN(CC1CCCCO1)c1cn[nH]c(=O)c1. The van der Waals surface area contributed by atoms with Crippen LogP contribution in [0.2, 0.25) is 0 Å². The van der Waals surface area contributed by atoms with Gasteiger partial charge in [-0.05, 0) is 19.3 Å². The predicted molar refractivity (Wildman–Crippen MR) is 61.7 cm³/mol. The zero-order chi connectivity index (χ0) is 11.4. The van der Waals surface area contributed by atoms with E-state index in [1.165, 1.54) is 6.42 Å². The minimum absolute atomic E-state index is 0.172. The third-order valence-corrected chi connectivity index (χ3v) is 2.84. The van der Waals surface area contributed by atoms with E-state index in [1.807, 2.05) is 11.9 Å². The van der Waals surface area contributed by atoms with Crippen molar-refractivity contribution in [1.82, 2.24) is 10.2 Å². The van der Waals surface area contributed by atoms with Crippen molar-refractivity contribution in [3.63, 3.8) is 0 Å². The molecule has 0 saturated carbocycles. The van der Waals surface area contributed by atoms with Gasteiger partial charge in [-0.2, -0.15) is 5.10 Å². The zero-order valence-electron chi connectivity index (χ0n) is 9.48. The second kappa shape index (κ2) is 5.12. The van der Waals surface area contributed by atoms with Crippen LogP contribution in [0.5, 0.6) is 0 Å². The monoisotopic (exact) mass is 223 g/mol. The van der Waals surface area contributed by atoms with Crippen LogP contribution in [0.3, 0.4) is 0 Å². The van der Waals surface area contributed by atoms with Crippen LogP contribution in [0.15, 0.2) is 17.1 Å². The Kier molecular flexibility index (Phi) is 3.56. The maximum absolute atomic E-state index is 11.1. The Bertz CT molecular complexity index is 385. The van der Waals surface area contributed by atoms with E-state index >= 15 is 0 Å². The molecule has 1 fully saturated rings. The fraction of sp³-hybridized carbons (Fsp3) is 0.636. The Balaban J connectivity index is 1.96. The molecule has 1 aromatic rings. The van der Waals surface area contributed by atoms with Gasteiger partial charge in [0.2, 0.25) is 0 Å². The van der Waals surface area contributed by atoms with E-state index in [0.29, 0.717) is 0 Å². The van der Waals surface area contributed by atoms with E-state index in [-0.39, 0.29) is 11.7 Å². The first-order valence-electron chi connectivity index (χ1n) is 5.63. The second-order valence-corrected chi connectivity index (χ2v) is 4.17. The van der Waals surface area contributed by atoms with Gasteiger partial charge < -0.3 is 9.64 Å². The highest BCUT2D eigenvalue weighted by molar-refractivity contribution is 5.41. The van der Waals surface area contributed by atoms with Crippen LogP contribution in [0.1, 0.15) is 19.3 Å². The lowest BCUT2D eigenvalue weighted by Gasteiger charge is -2.28. The molecule has 1 saturated heterocycles. The van der Waals surface area contributed by atoms with Gasteiger partial charge >= 0.3 is 0 Å². The van der Waals surface area contributed by atoms with Crippen LogP contribution in [-0.2, 0) is 4.74 Å². The summed E-state index contributed by atoms with van der Waals surface area (Å²) in [7, 11) is 1.95. The van der Waals surface area contributed by atoms with Crippen molar-refractivity contribution in [3.8, 4) is 0 Å². The van der Waals surface area contributed by atoms with Crippen molar-refractivity contribution >= 4 is 5.69 Å². The molecule has 2 rings (SSSR count). The van der Waals surface area contributed by atoms with Crippen molar-refractivity contribution in [2.24, 2.45) is 0 Å². The molecule has 88 valence electrons. The lowest BCUT2D eigenvalue weighted by molar-refractivity contribution is 0.0216. The summed E-state index contributed by atoms with van der Waals surface area (Å²) in [6.07, 6.45) is 5.42. The zero-order valence-corrected chi connectivity index (χ0v) is 9.48. The lowest BCUT2D eigenvalue weighted by Crippen LogP contribution is -2.33. The first-order chi connectivity index (χ1) is 7.75. The Morgan fingerprint density at radius 1 is 1.62 bits per heavy atom. The van der Waals surface area contributed by atoms with E-state index in [4.69, 9.17) is 4.74 Å². The number of H-pyrrole nitrogens is 1. The summed E-state index contributed by atoms with van der Waals surface area (Å²) >= 11 is 0. The fourth-order valence-electron chi connectivity index (χ4n) is 1.94. The molecule has 0 amide bonds. The molecule has 0 spiro atoms. The van der Waals surface area contributed by atoms with Gasteiger partial charge in [0.25, 0.3) is 5.56 Å². The number of anilines is 1. The van der Waals surface area contributed by atoms with Crippen molar-refractivity contribution in [1.29, 1.82) is 0 Å². The van der Waals surface area contributed by atoms with Crippen LogP contribution in [0.4, 0.5) is 5.69 Å². The number of aromatic amines is 1. The van der Waals surface area contributed by atoms with Crippen molar-refractivity contribution in [3.05, 3.63) is 22.6 Å². The number of nitrogens with one attached hydrogen (secondary N) is 1. The highest BCUT2D eigenvalue weighted by Crippen LogP contribution is 2.16. The van der Waals surface area contributed by atoms with Gasteiger partial charge in [0.15, 0.2) is 0 Å². The molecular formula is C11H17N3O2. The number of ether oxygens (including phenoxy) is 1. The summed E-state index contributed by atoms with van der Waals surface area (Å²) < 4.78 is 5.65. The van der Waals surface area contributed by atoms with Crippen LogP contribution >= 0.6 is 0 Å². The molecule has 2 heterocycles. The average Bonchev–Trinajstić information content (AvgIpc) is 2.30. The van der Waals surface area contributed by atoms with E-state index in [2.05, 4.69) is 10.2 Å². The molecule has 1 aromatic heterocycles. The largest absolute Gasteiger partial charge is 0.376 e. The smallest absolute Gasteiger partial charge is 0.266 e. The number of rotatable bonds is 3. The van der Waals surface area contributed by atoms with Crippen LogP contribution in [0, 0.1) is 0 Å². The predicted octanol–water partition coefficient (Wildman–Crippen LogP) is 0.775. The molecule has 1 atom stereocenters. The Morgan fingerprint density at radius 2 is 2.50 bits per heavy atom. The Morgan fingerprint density at radius 3 is 3.19 bits per heavy atom. The van der Waals surface area contributed by atoms with Crippen LogP contribution in [-0.4, -0.2) is 36.5 Å². The maximum atomic E-state index is 11.1. The summed E-state index contributed by atoms with van der Waals surface area (Å²) in [6, 6.07) is 1.55. The van der Waals surface area contributed by atoms with Gasteiger partial charge in [-0.1, -0.05) is 0 Å². The quantitative estimate of drug-likeness (QED) is 0.822. The lowest BCUT2D eigenvalue weighted by atomic mass is 10.1. The fourth-order valence-corrected chi connectivity index (χ4v) is 1.94.